The summed E-state index contributed by atoms with van der Waals surface area (Å²) in [4.78, 5) is 16.9. The molecule has 1 atom stereocenters. The van der Waals surface area contributed by atoms with Crippen molar-refractivity contribution in [2.45, 2.75) is 10.1 Å². The van der Waals surface area contributed by atoms with Crippen LogP contribution in [-0.2, 0) is 11.0 Å². The van der Waals surface area contributed by atoms with E-state index in [2.05, 4.69) is 43.3 Å². The molecule has 0 spiro atoms. The SMILES string of the molecule is O=C(Nc1ccc(-c2ccc3nc(Nc4ccccc4C(F)(F)F)nn3c2)cc1)C(I)c1ccccc1. The number of hydrogen-bond acceptors (Lipinski definition) is 4. The number of pyridine rings is 1. The number of carbonyl (C=O) groups is 1. The van der Waals surface area contributed by atoms with Crippen molar-refractivity contribution >= 4 is 51.5 Å². The van der Waals surface area contributed by atoms with Gasteiger partial charge in [-0.25, -0.2) is 4.52 Å². The lowest BCUT2D eigenvalue weighted by Crippen LogP contribution is -2.16. The zero-order valence-electron chi connectivity index (χ0n) is 19.1. The summed E-state index contributed by atoms with van der Waals surface area (Å²) in [5.74, 6) is -0.0607. The average molecular weight is 613 g/mol. The molecule has 5 rings (SSSR count). The third kappa shape index (κ3) is 5.58. The maximum Gasteiger partial charge on any atom is 0.418 e. The van der Waals surface area contributed by atoms with Gasteiger partial charge in [-0.1, -0.05) is 77.2 Å². The quantitative estimate of drug-likeness (QED) is 0.156. The summed E-state index contributed by atoms with van der Waals surface area (Å²) in [6.45, 7) is 0. The van der Waals surface area contributed by atoms with Crippen LogP contribution in [0.15, 0.2) is 97.2 Å². The number of nitrogens with one attached hydrogen (secondary N) is 2. The minimum absolute atomic E-state index is 0.0543. The van der Waals surface area contributed by atoms with E-state index in [0.29, 0.717) is 11.3 Å². The van der Waals surface area contributed by atoms with Gasteiger partial charge < -0.3 is 10.6 Å². The predicted octanol–water partition coefficient (Wildman–Crippen LogP) is 7.27. The van der Waals surface area contributed by atoms with E-state index >= 15 is 0 Å². The summed E-state index contributed by atoms with van der Waals surface area (Å²) in [5.41, 5.74) is 2.87. The van der Waals surface area contributed by atoms with Crippen molar-refractivity contribution in [1.29, 1.82) is 0 Å². The Bertz CT molecular complexity index is 1550. The zero-order valence-corrected chi connectivity index (χ0v) is 21.2. The number of anilines is 3. The van der Waals surface area contributed by atoms with Crippen molar-refractivity contribution in [2.75, 3.05) is 10.6 Å². The molecule has 0 aliphatic rings. The summed E-state index contributed by atoms with van der Waals surface area (Å²) in [5, 5.41) is 9.89. The minimum Gasteiger partial charge on any atom is -0.325 e. The molecule has 0 radical (unpaired) electrons. The predicted molar refractivity (Wildman–Crippen MR) is 145 cm³/mol. The van der Waals surface area contributed by atoms with Crippen LogP contribution in [0.3, 0.4) is 0 Å². The number of nitrogens with zero attached hydrogens (tertiary/aromatic N) is 3. The van der Waals surface area contributed by atoms with Crippen LogP contribution < -0.4 is 10.6 Å². The molecule has 10 heteroatoms. The standard InChI is InChI=1S/C27H19F3IN5O/c28-27(29,30)21-8-4-5-9-22(21)33-26-34-23-15-12-19(16-36(23)35-26)17-10-13-20(14-11-17)32-25(37)24(31)18-6-2-1-3-7-18/h1-16,24H,(H,32,37)(H,33,35). The van der Waals surface area contributed by atoms with Crippen LogP contribution in [0.25, 0.3) is 16.8 Å². The second-order valence-corrected chi connectivity index (χ2v) is 9.41. The number of alkyl halides is 4. The lowest BCUT2D eigenvalue weighted by atomic mass is 10.1. The van der Waals surface area contributed by atoms with E-state index < -0.39 is 11.7 Å². The largest absolute Gasteiger partial charge is 0.418 e. The highest BCUT2D eigenvalue weighted by atomic mass is 127. The first-order chi connectivity index (χ1) is 17.8. The number of aromatic nitrogens is 3. The maximum atomic E-state index is 13.3. The van der Waals surface area contributed by atoms with Crippen LogP contribution in [0.5, 0.6) is 0 Å². The van der Waals surface area contributed by atoms with Gasteiger partial charge in [0.25, 0.3) is 0 Å². The molecule has 5 aromatic rings. The third-order valence-electron chi connectivity index (χ3n) is 5.62. The van der Waals surface area contributed by atoms with E-state index in [1.54, 1.807) is 12.3 Å². The fraction of sp³-hybridized carbons (Fsp3) is 0.0741. The molecular weight excluding hydrogens is 594 g/mol. The van der Waals surface area contributed by atoms with Crippen LogP contribution in [-0.4, -0.2) is 20.5 Å². The van der Waals surface area contributed by atoms with Gasteiger partial charge >= 0.3 is 6.18 Å². The summed E-state index contributed by atoms with van der Waals surface area (Å²) in [6.07, 6.45) is -2.76. The molecule has 0 saturated heterocycles. The van der Waals surface area contributed by atoms with Gasteiger partial charge in [0, 0.05) is 17.4 Å². The molecule has 37 heavy (non-hydrogen) atoms. The van der Waals surface area contributed by atoms with Gasteiger partial charge in [0.05, 0.1) is 11.3 Å². The van der Waals surface area contributed by atoms with E-state index in [9.17, 15) is 18.0 Å². The Kier molecular flexibility index (Phi) is 6.83. The highest BCUT2D eigenvalue weighted by Gasteiger charge is 2.33. The van der Waals surface area contributed by atoms with Crippen LogP contribution in [0.1, 0.15) is 15.1 Å². The Balaban J connectivity index is 1.32. The number of rotatable bonds is 6. The van der Waals surface area contributed by atoms with E-state index in [4.69, 9.17) is 0 Å². The lowest BCUT2D eigenvalue weighted by Gasteiger charge is -2.12. The van der Waals surface area contributed by atoms with Gasteiger partial charge in [-0.3, -0.25) is 4.79 Å². The van der Waals surface area contributed by atoms with Crippen molar-refractivity contribution in [3.63, 3.8) is 0 Å². The monoisotopic (exact) mass is 613 g/mol. The Labute approximate surface area is 223 Å². The van der Waals surface area contributed by atoms with Crippen molar-refractivity contribution in [1.82, 2.24) is 14.6 Å². The average Bonchev–Trinajstić information content (AvgIpc) is 3.30. The Hall–Kier alpha value is -3.93. The van der Waals surface area contributed by atoms with Crippen molar-refractivity contribution in [3.05, 3.63) is 108 Å². The number of amides is 1. The first-order valence-corrected chi connectivity index (χ1v) is 12.4. The highest BCUT2D eigenvalue weighted by molar-refractivity contribution is 14.1. The summed E-state index contributed by atoms with van der Waals surface area (Å²) < 4.78 is 41.1. The van der Waals surface area contributed by atoms with Crippen LogP contribution in [0, 0.1) is 0 Å². The van der Waals surface area contributed by atoms with Gasteiger partial charge in [-0.05, 0) is 47.5 Å². The summed E-state index contributed by atoms with van der Waals surface area (Å²) in [7, 11) is 0. The van der Waals surface area contributed by atoms with Crippen molar-refractivity contribution in [3.8, 4) is 11.1 Å². The highest BCUT2D eigenvalue weighted by Crippen LogP contribution is 2.35. The Morgan fingerprint density at radius 1 is 0.865 bits per heavy atom. The number of fused-ring (bicyclic) bond motifs is 1. The second kappa shape index (κ2) is 10.2. The van der Waals surface area contributed by atoms with Crippen molar-refractivity contribution < 1.29 is 18.0 Å². The van der Waals surface area contributed by atoms with Crippen LogP contribution >= 0.6 is 22.6 Å². The van der Waals surface area contributed by atoms with E-state index in [1.165, 1.54) is 22.7 Å². The summed E-state index contributed by atoms with van der Waals surface area (Å²) in [6, 6.07) is 25.7. The molecular formula is C27H19F3IN5O. The molecule has 0 fully saturated rings. The molecule has 2 aromatic heterocycles. The van der Waals surface area contributed by atoms with Crippen LogP contribution in [0.4, 0.5) is 30.5 Å². The fourth-order valence-electron chi connectivity index (χ4n) is 3.79. The molecule has 2 N–H and O–H groups in total. The molecule has 2 heterocycles. The summed E-state index contributed by atoms with van der Waals surface area (Å²) >= 11 is 2.11. The second-order valence-electron chi connectivity index (χ2n) is 8.16. The molecule has 0 aliphatic heterocycles. The molecule has 3 aromatic carbocycles. The third-order valence-corrected chi connectivity index (χ3v) is 6.90. The van der Waals surface area contributed by atoms with Gasteiger partial charge in [-0.2, -0.15) is 18.2 Å². The first kappa shape index (κ1) is 24.8. The Morgan fingerprint density at radius 2 is 1.54 bits per heavy atom. The molecule has 0 bridgehead atoms. The minimum atomic E-state index is -4.50. The van der Waals surface area contributed by atoms with E-state index in [-0.39, 0.29) is 21.5 Å². The van der Waals surface area contributed by atoms with Gasteiger partial charge in [-0.15, -0.1) is 5.10 Å². The number of benzene rings is 3. The van der Waals surface area contributed by atoms with E-state index in [0.717, 1.165) is 22.8 Å². The fourth-order valence-corrected chi connectivity index (χ4v) is 4.36. The molecule has 1 unspecified atom stereocenters. The lowest BCUT2D eigenvalue weighted by molar-refractivity contribution is -0.136. The molecule has 186 valence electrons. The number of hydrogen-bond donors (Lipinski definition) is 2. The molecule has 0 saturated carbocycles. The number of halogens is 4. The number of carbonyl (C=O) groups excluding carboxylic acids is 1. The molecule has 6 nitrogen and oxygen atoms in total. The van der Waals surface area contributed by atoms with Crippen molar-refractivity contribution in [2.24, 2.45) is 0 Å². The smallest absolute Gasteiger partial charge is 0.325 e. The Morgan fingerprint density at radius 3 is 2.27 bits per heavy atom. The van der Waals surface area contributed by atoms with Gasteiger partial charge in [0.1, 0.15) is 3.92 Å². The van der Waals surface area contributed by atoms with E-state index in [1.807, 2.05) is 60.7 Å². The maximum absolute atomic E-state index is 13.3. The normalized spacial score (nSPS) is 12.3. The van der Waals surface area contributed by atoms with Crippen LogP contribution in [0.2, 0.25) is 0 Å². The first-order valence-electron chi connectivity index (χ1n) is 11.2. The topological polar surface area (TPSA) is 71.3 Å². The number of para-hydroxylation sites is 1. The zero-order chi connectivity index (χ0) is 26.0. The molecule has 1 amide bonds. The van der Waals surface area contributed by atoms with Gasteiger partial charge in [0.2, 0.25) is 11.9 Å². The van der Waals surface area contributed by atoms with Gasteiger partial charge in [0.15, 0.2) is 5.65 Å². The molecule has 0 aliphatic carbocycles.